The van der Waals surface area contributed by atoms with Gasteiger partial charge in [0, 0.05) is 37.3 Å². The number of carbonyl (C=O) groups is 1. The van der Waals surface area contributed by atoms with Crippen LogP contribution in [0, 0.1) is 0 Å². The molecule has 2 N–H and O–H groups in total. The first-order valence-electron chi connectivity index (χ1n) is 7.59. The van der Waals surface area contributed by atoms with Gasteiger partial charge < -0.3 is 15.4 Å². The van der Waals surface area contributed by atoms with Crippen molar-refractivity contribution in [3.63, 3.8) is 0 Å². The zero-order valence-corrected chi connectivity index (χ0v) is 13.2. The topological polar surface area (TPSA) is 50.4 Å². The molecule has 1 fully saturated rings. The molecular formula is C16H24N2O2S. The van der Waals surface area contributed by atoms with Gasteiger partial charge in [-0.3, -0.25) is 0 Å². The van der Waals surface area contributed by atoms with Crippen molar-refractivity contribution in [1.82, 2.24) is 10.6 Å². The van der Waals surface area contributed by atoms with Crippen molar-refractivity contribution in [2.45, 2.75) is 24.5 Å². The number of hydrogen-bond donors (Lipinski definition) is 2. The molecule has 1 aromatic carbocycles. The van der Waals surface area contributed by atoms with E-state index in [1.54, 1.807) is 0 Å². The van der Waals surface area contributed by atoms with E-state index in [1.165, 1.54) is 5.56 Å². The average molecular weight is 308 g/mol. The Morgan fingerprint density at radius 3 is 2.62 bits per heavy atom. The predicted molar refractivity (Wildman–Crippen MR) is 87.8 cm³/mol. The van der Waals surface area contributed by atoms with Crippen molar-refractivity contribution in [3.8, 4) is 0 Å². The molecule has 0 radical (unpaired) electrons. The lowest BCUT2D eigenvalue weighted by molar-refractivity contribution is 0.100. The van der Waals surface area contributed by atoms with E-state index in [9.17, 15) is 4.79 Å². The maximum Gasteiger partial charge on any atom is 0.314 e. The normalized spacial score (nSPS) is 15.6. The molecule has 0 bridgehead atoms. The quantitative estimate of drug-likeness (QED) is 0.761. The second-order valence-electron chi connectivity index (χ2n) is 5.10. The molecule has 4 nitrogen and oxygen atoms in total. The van der Waals surface area contributed by atoms with Gasteiger partial charge in [0.05, 0.1) is 0 Å². The summed E-state index contributed by atoms with van der Waals surface area (Å²) in [5, 5.41) is 6.49. The van der Waals surface area contributed by atoms with Crippen LogP contribution >= 0.6 is 11.8 Å². The monoisotopic (exact) mass is 308 g/mol. The van der Waals surface area contributed by atoms with Gasteiger partial charge in [0.25, 0.3) is 0 Å². The van der Waals surface area contributed by atoms with Crippen LogP contribution in [0.4, 0.5) is 4.79 Å². The summed E-state index contributed by atoms with van der Waals surface area (Å²) < 4.78 is 5.33. The van der Waals surface area contributed by atoms with E-state index >= 15 is 0 Å². The zero-order chi connectivity index (χ0) is 14.8. The van der Waals surface area contributed by atoms with Crippen molar-refractivity contribution >= 4 is 17.8 Å². The minimum atomic E-state index is -0.0708. The van der Waals surface area contributed by atoms with Gasteiger partial charge in [0.2, 0.25) is 0 Å². The SMILES string of the molecule is O=C(NCCSC1CCOCC1)NCCc1ccccc1. The number of rotatable bonds is 7. The lowest BCUT2D eigenvalue weighted by Gasteiger charge is -2.21. The molecular weight excluding hydrogens is 284 g/mol. The van der Waals surface area contributed by atoms with Gasteiger partial charge in [0.1, 0.15) is 0 Å². The van der Waals surface area contributed by atoms with Crippen molar-refractivity contribution in [1.29, 1.82) is 0 Å². The summed E-state index contributed by atoms with van der Waals surface area (Å²) in [5.41, 5.74) is 1.24. The molecule has 1 aromatic rings. The van der Waals surface area contributed by atoms with E-state index in [0.717, 1.165) is 44.8 Å². The number of carbonyl (C=O) groups excluding carboxylic acids is 1. The van der Waals surface area contributed by atoms with E-state index in [-0.39, 0.29) is 6.03 Å². The van der Waals surface area contributed by atoms with Crippen molar-refractivity contribution in [3.05, 3.63) is 35.9 Å². The standard InChI is InChI=1S/C16H24N2O2S/c19-16(17-9-6-14-4-2-1-3-5-14)18-10-13-21-15-7-11-20-12-8-15/h1-5,15H,6-13H2,(H2,17,18,19). The van der Waals surface area contributed by atoms with Crippen LogP contribution < -0.4 is 10.6 Å². The molecule has 2 amide bonds. The van der Waals surface area contributed by atoms with Crippen molar-refractivity contribution in [2.24, 2.45) is 0 Å². The Bertz CT molecular complexity index is 408. The average Bonchev–Trinajstić information content (AvgIpc) is 2.54. The molecule has 0 aliphatic carbocycles. The number of benzene rings is 1. The predicted octanol–water partition coefficient (Wildman–Crippen LogP) is 2.44. The van der Waals surface area contributed by atoms with Crippen LogP contribution in [0.1, 0.15) is 18.4 Å². The largest absolute Gasteiger partial charge is 0.381 e. The minimum absolute atomic E-state index is 0.0708. The molecule has 1 aliphatic heterocycles. The van der Waals surface area contributed by atoms with Crippen LogP contribution in [0.2, 0.25) is 0 Å². The number of amides is 2. The third-order valence-corrected chi connectivity index (χ3v) is 4.83. The summed E-state index contributed by atoms with van der Waals surface area (Å²) in [6, 6.07) is 10.1. The molecule has 21 heavy (non-hydrogen) atoms. The highest BCUT2D eigenvalue weighted by atomic mass is 32.2. The highest BCUT2D eigenvalue weighted by Crippen LogP contribution is 2.21. The van der Waals surface area contributed by atoms with Gasteiger partial charge in [-0.2, -0.15) is 11.8 Å². The maximum absolute atomic E-state index is 11.6. The molecule has 0 saturated carbocycles. The van der Waals surface area contributed by atoms with E-state index in [1.807, 2.05) is 30.0 Å². The fourth-order valence-electron chi connectivity index (χ4n) is 2.26. The first kappa shape index (κ1) is 16.2. The van der Waals surface area contributed by atoms with Gasteiger partial charge in [-0.1, -0.05) is 30.3 Å². The molecule has 116 valence electrons. The summed E-state index contributed by atoms with van der Waals surface area (Å²) in [7, 11) is 0. The summed E-state index contributed by atoms with van der Waals surface area (Å²) in [4.78, 5) is 11.6. The molecule has 2 rings (SSSR count). The van der Waals surface area contributed by atoms with Crippen molar-refractivity contribution < 1.29 is 9.53 Å². The zero-order valence-electron chi connectivity index (χ0n) is 12.3. The second-order valence-corrected chi connectivity index (χ2v) is 6.51. The molecule has 1 aliphatic rings. The molecule has 5 heteroatoms. The first-order valence-corrected chi connectivity index (χ1v) is 8.64. The lowest BCUT2D eigenvalue weighted by atomic mass is 10.1. The van der Waals surface area contributed by atoms with Crippen LogP contribution in [0.15, 0.2) is 30.3 Å². The Hall–Kier alpha value is -1.20. The molecule has 1 heterocycles. The minimum Gasteiger partial charge on any atom is -0.381 e. The number of thioether (sulfide) groups is 1. The molecule has 0 unspecified atom stereocenters. The third kappa shape index (κ3) is 6.87. The highest BCUT2D eigenvalue weighted by molar-refractivity contribution is 7.99. The fourth-order valence-corrected chi connectivity index (χ4v) is 3.34. The summed E-state index contributed by atoms with van der Waals surface area (Å²) in [6.07, 6.45) is 3.13. The van der Waals surface area contributed by atoms with Gasteiger partial charge in [-0.25, -0.2) is 4.79 Å². The molecule has 0 spiro atoms. The molecule has 0 aromatic heterocycles. The maximum atomic E-state index is 11.6. The number of urea groups is 1. The Labute approximate surface area is 131 Å². The van der Waals surface area contributed by atoms with Gasteiger partial charge in [-0.15, -0.1) is 0 Å². The van der Waals surface area contributed by atoms with Crippen LogP contribution in [0.5, 0.6) is 0 Å². The summed E-state index contributed by atoms with van der Waals surface area (Å²) in [6.45, 7) is 3.15. The lowest BCUT2D eigenvalue weighted by Crippen LogP contribution is -2.37. The van der Waals surface area contributed by atoms with Crippen LogP contribution in [0.3, 0.4) is 0 Å². The smallest absolute Gasteiger partial charge is 0.314 e. The van der Waals surface area contributed by atoms with E-state index < -0.39 is 0 Å². The summed E-state index contributed by atoms with van der Waals surface area (Å²) >= 11 is 1.94. The van der Waals surface area contributed by atoms with E-state index in [4.69, 9.17) is 4.74 Å². The van der Waals surface area contributed by atoms with Crippen LogP contribution in [-0.4, -0.2) is 43.3 Å². The number of ether oxygens (including phenoxy) is 1. The first-order chi connectivity index (χ1) is 10.3. The number of nitrogens with one attached hydrogen (secondary N) is 2. The van der Waals surface area contributed by atoms with Gasteiger partial charge >= 0.3 is 6.03 Å². The van der Waals surface area contributed by atoms with E-state index in [2.05, 4.69) is 22.8 Å². The van der Waals surface area contributed by atoms with Gasteiger partial charge in [-0.05, 0) is 24.8 Å². The Balaban J connectivity index is 1.47. The Morgan fingerprint density at radius 2 is 1.86 bits per heavy atom. The molecule has 0 atom stereocenters. The third-order valence-electron chi connectivity index (χ3n) is 3.45. The van der Waals surface area contributed by atoms with Crippen LogP contribution in [0.25, 0.3) is 0 Å². The fraction of sp³-hybridized carbons (Fsp3) is 0.562. The second kappa shape index (κ2) is 9.68. The Kier molecular flexibility index (Phi) is 7.46. The van der Waals surface area contributed by atoms with Gasteiger partial charge in [0.15, 0.2) is 0 Å². The summed E-state index contributed by atoms with van der Waals surface area (Å²) in [5.74, 6) is 0.969. The van der Waals surface area contributed by atoms with Crippen molar-refractivity contribution in [2.75, 3.05) is 32.1 Å². The van der Waals surface area contributed by atoms with Crippen LogP contribution in [-0.2, 0) is 11.2 Å². The Morgan fingerprint density at radius 1 is 1.14 bits per heavy atom. The highest BCUT2D eigenvalue weighted by Gasteiger charge is 2.13. The number of hydrogen-bond acceptors (Lipinski definition) is 3. The molecule has 1 saturated heterocycles. The van der Waals surface area contributed by atoms with E-state index in [0.29, 0.717) is 11.8 Å².